The van der Waals surface area contributed by atoms with Crippen molar-refractivity contribution in [2.24, 2.45) is 0 Å². The Morgan fingerprint density at radius 1 is 1.00 bits per heavy atom. The summed E-state index contributed by atoms with van der Waals surface area (Å²) in [5, 5.41) is 0. The van der Waals surface area contributed by atoms with Crippen molar-refractivity contribution >= 4 is 5.91 Å². The molecule has 1 saturated heterocycles. The monoisotopic (exact) mass is 386 g/mol. The topological polar surface area (TPSA) is 42.0 Å². The van der Waals surface area contributed by atoms with Crippen molar-refractivity contribution in [3.05, 3.63) is 59.9 Å². The Morgan fingerprint density at radius 2 is 1.68 bits per heavy atom. The van der Waals surface area contributed by atoms with E-state index in [0.717, 1.165) is 38.3 Å². The van der Waals surface area contributed by atoms with E-state index in [9.17, 15) is 9.18 Å². The second-order valence-electron chi connectivity index (χ2n) is 7.02. The number of carbonyl (C=O) groups is 1. The van der Waals surface area contributed by atoms with Gasteiger partial charge in [-0.25, -0.2) is 4.39 Å². The summed E-state index contributed by atoms with van der Waals surface area (Å²) in [7, 11) is 1.66. The van der Waals surface area contributed by atoms with E-state index in [0.29, 0.717) is 12.3 Å². The molecule has 1 unspecified atom stereocenters. The van der Waals surface area contributed by atoms with Crippen LogP contribution in [-0.4, -0.2) is 55.1 Å². The Morgan fingerprint density at radius 3 is 2.36 bits per heavy atom. The summed E-state index contributed by atoms with van der Waals surface area (Å²) in [6, 6.07) is 13.8. The normalized spacial score (nSPS) is 16.3. The smallest absolute Gasteiger partial charge is 0.263 e. The second-order valence-corrected chi connectivity index (χ2v) is 7.02. The molecule has 1 fully saturated rings. The molecular weight excluding hydrogens is 359 g/mol. The first-order valence-corrected chi connectivity index (χ1v) is 9.61. The molecule has 2 aromatic carbocycles. The van der Waals surface area contributed by atoms with Crippen LogP contribution in [0.3, 0.4) is 0 Å². The molecule has 0 saturated carbocycles. The van der Waals surface area contributed by atoms with Gasteiger partial charge in [0.05, 0.1) is 7.11 Å². The molecule has 28 heavy (non-hydrogen) atoms. The van der Waals surface area contributed by atoms with Gasteiger partial charge in [-0.3, -0.25) is 9.69 Å². The molecule has 0 spiro atoms. The van der Waals surface area contributed by atoms with Gasteiger partial charge in [0.15, 0.2) is 6.10 Å². The number of hydrogen-bond acceptors (Lipinski definition) is 4. The lowest BCUT2D eigenvalue weighted by molar-refractivity contribution is -0.137. The third-order valence-corrected chi connectivity index (χ3v) is 4.94. The van der Waals surface area contributed by atoms with E-state index in [-0.39, 0.29) is 11.7 Å². The molecule has 1 amide bonds. The van der Waals surface area contributed by atoms with Crippen LogP contribution in [0.2, 0.25) is 0 Å². The number of amides is 1. The van der Waals surface area contributed by atoms with Gasteiger partial charge < -0.3 is 14.4 Å². The minimum Gasteiger partial charge on any atom is -0.497 e. The summed E-state index contributed by atoms with van der Waals surface area (Å²) < 4.78 is 23.9. The summed E-state index contributed by atoms with van der Waals surface area (Å²) in [4.78, 5) is 17.0. The van der Waals surface area contributed by atoms with E-state index >= 15 is 0 Å². The van der Waals surface area contributed by atoms with Crippen LogP contribution in [0.5, 0.6) is 11.5 Å². The lowest BCUT2D eigenvalue weighted by Gasteiger charge is -2.25. The predicted octanol–water partition coefficient (Wildman–Crippen LogP) is 3.34. The van der Waals surface area contributed by atoms with Gasteiger partial charge in [0, 0.05) is 32.7 Å². The van der Waals surface area contributed by atoms with Crippen LogP contribution in [0, 0.1) is 5.82 Å². The van der Waals surface area contributed by atoms with Crippen molar-refractivity contribution in [2.75, 3.05) is 33.3 Å². The highest BCUT2D eigenvalue weighted by atomic mass is 19.1. The van der Waals surface area contributed by atoms with Gasteiger partial charge in [0.1, 0.15) is 17.3 Å². The van der Waals surface area contributed by atoms with Gasteiger partial charge in [-0.2, -0.15) is 0 Å². The number of nitrogens with zero attached hydrogens (tertiary/aromatic N) is 2. The highest BCUT2D eigenvalue weighted by molar-refractivity contribution is 5.81. The van der Waals surface area contributed by atoms with Crippen LogP contribution in [-0.2, 0) is 11.3 Å². The summed E-state index contributed by atoms with van der Waals surface area (Å²) >= 11 is 0. The molecule has 6 heteroatoms. The fourth-order valence-electron chi connectivity index (χ4n) is 3.36. The third-order valence-electron chi connectivity index (χ3n) is 4.94. The number of hydrogen-bond donors (Lipinski definition) is 0. The second kappa shape index (κ2) is 9.55. The summed E-state index contributed by atoms with van der Waals surface area (Å²) in [5.74, 6) is 0.996. The van der Waals surface area contributed by atoms with E-state index < -0.39 is 6.10 Å². The minimum absolute atomic E-state index is 0.0318. The summed E-state index contributed by atoms with van der Waals surface area (Å²) in [6.07, 6.45) is 0.323. The molecule has 1 heterocycles. The SMILES string of the molecule is COc1ccc(CN2CCCN(C(=O)C(C)Oc3ccc(F)cc3)CC2)cc1. The van der Waals surface area contributed by atoms with Crippen LogP contribution < -0.4 is 9.47 Å². The van der Waals surface area contributed by atoms with Crippen molar-refractivity contribution in [2.45, 2.75) is 26.0 Å². The van der Waals surface area contributed by atoms with Crippen molar-refractivity contribution < 1.29 is 18.7 Å². The molecule has 0 N–H and O–H groups in total. The van der Waals surface area contributed by atoms with E-state index in [1.165, 1.54) is 29.8 Å². The molecule has 0 bridgehead atoms. The number of halogens is 1. The Kier molecular flexibility index (Phi) is 6.87. The first kappa shape index (κ1) is 20.1. The van der Waals surface area contributed by atoms with Crippen LogP contribution in [0.25, 0.3) is 0 Å². The van der Waals surface area contributed by atoms with E-state index in [4.69, 9.17) is 9.47 Å². The maximum absolute atomic E-state index is 13.0. The fourth-order valence-corrected chi connectivity index (χ4v) is 3.36. The Bertz CT molecular complexity index is 764. The Hall–Kier alpha value is -2.60. The standard InChI is InChI=1S/C22H27FN2O3/c1-17(28-21-10-6-19(23)7-11-21)22(26)25-13-3-12-24(14-15-25)16-18-4-8-20(27-2)9-5-18/h4-11,17H,3,12-16H2,1-2H3. The molecule has 0 radical (unpaired) electrons. The number of methoxy groups -OCH3 is 1. The molecule has 150 valence electrons. The molecule has 1 aliphatic heterocycles. The van der Waals surface area contributed by atoms with Gasteiger partial charge in [0.2, 0.25) is 0 Å². The Labute approximate surface area is 165 Å². The van der Waals surface area contributed by atoms with Gasteiger partial charge in [-0.15, -0.1) is 0 Å². The van der Waals surface area contributed by atoms with Crippen molar-refractivity contribution in [1.82, 2.24) is 9.80 Å². The largest absolute Gasteiger partial charge is 0.497 e. The van der Waals surface area contributed by atoms with Gasteiger partial charge in [-0.1, -0.05) is 12.1 Å². The van der Waals surface area contributed by atoms with Crippen LogP contribution in [0.15, 0.2) is 48.5 Å². The zero-order valence-corrected chi connectivity index (χ0v) is 16.4. The third kappa shape index (κ3) is 5.45. The van der Waals surface area contributed by atoms with E-state index in [1.807, 2.05) is 17.0 Å². The van der Waals surface area contributed by atoms with Crippen LogP contribution in [0.1, 0.15) is 18.9 Å². The van der Waals surface area contributed by atoms with Gasteiger partial charge in [0.25, 0.3) is 5.91 Å². The number of rotatable bonds is 6. The predicted molar refractivity (Wildman–Crippen MR) is 106 cm³/mol. The molecule has 1 atom stereocenters. The molecule has 1 aliphatic rings. The number of ether oxygens (including phenoxy) is 2. The van der Waals surface area contributed by atoms with Crippen LogP contribution >= 0.6 is 0 Å². The average molecular weight is 386 g/mol. The zero-order chi connectivity index (χ0) is 19.9. The maximum atomic E-state index is 13.0. The first-order chi connectivity index (χ1) is 13.5. The van der Waals surface area contributed by atoms with Crippen LogP contribution in [0.4, 0.5) is 4.39 Å². The minimum atomic E-state index is -0.599. The Balaban J connectivity index is 1.51. The lowest BCUT2D eigenvalue weighted by atomic mass is 10.2. The van der Waals surface area contributed by atoms with E-state index in [2.05, 4.69) is 17.0 Å². The van der Waals surface area contributed by atoms with Gasteiger partial charge in [-0.05, 0) is 55.3 Å². The summed E-state index contributed by atoms with van der Waals surface area (Å²) in [6.45, 7) is 5.75. The highest BCUT2D eigenvalue weighted by Gasteiger charge is 2.24. The van der Waals surface area contributed by atoms with Gasteiger partial charge >= 0.3 is 0 Å². The zero-order valence-electron chi connectivity index (χ0n) is 16.4. The van der Waals surface area contributed by atoms with Crippen molar-refractivity contribution in [3.63, 3.8) is 0 Å². The molecular formula is C22H27FN2O3. The maximum Gasteiger partial charge on any atom is 0.263 e. The molecule has 3 rings (SSSR count). The number of carbonyl (C=O) groups excluding carboxylic acids is 1. The van der Waals surface area contributed by atoms with E-state index in [1.54, 1.807) is 14.0 Å². The highest BCUT2D eigenvalue weighted by Crippen LogP contribution is 2.16. The fraction of sp³-hybridized carbons (Fsp3) is 0.409. The first-order valence-electron chi connectivity index (χ1n) is 9.61. The molecule has 0 aliphatic carbocycles. The quantitative estimate of drug-likeness (QED) is 0.764. The average Bonchev–Trinajstić information content (AvgIpc) is 2.95. The van der Waals surface area contributed by atoms with Crippen molar-refractivity contribution in [3.8, 4) is 11.5 Å². The molecule has 2 aromatic rings. The number of benzene rings is 2. The molecule has 5 nitrogen and oxygen atoms in total. The summed E-state index contributed by atoms with van der Waals surface area (Å²) in [5.41, 5.74) is 1.23. The molecule has 0 aromatic heterocycles. The van der Waals surface area contributed by atoms with Crippen molar-refractivity contribution in [1.29, 1.82) is 0 Å². The lowest BCUT2D eigenvalue weighted by Crippen LogP contribution is -2.42.